The number of carbonyl (C=O) groups excluding carboxylic acids is 4. The molecule has 2 aliphatic heterocycles. The average molecular weight is 621 g/mol. The lowest BCUT2D eigenvalue weighted by molar-refractivity contribution is -0.145. The molecule has 0 spiro atoms. The van der Waals surface area contributed by atoms with Gasteiger partial charge in [0.25, 0.3) is 0 Å². The number of phenols is 1. The summed E-state index contributed by atoms with van der Waals surface area (Å²) in [5.41, 5.74) is -0.219. The van der Waals surface area contributed by atoms with E-state index in [1.165, 1.54) is 30.2 Å². The maximum Gasteiger partial charge on any atom is 0.241 e. The third kappa shape index (κ3) is 4.30. The Labute approximate surface area is 260 Å². The predicted molar refractivity (Wildman–Crippen MR) is 162 cm³/mol. The summed E-state index contributed by atoms with van der Waals surface area (Å²) in [5.74, 6) is -4.80. The smallest absolute Gasteiger partial charge is 0.241 e. The van der Waals surface area contributed by atoms with E-state index in [2.05, 4.69) is 0 Å². The van der Waals surface area contributed by atoms with Crippen molar-refractivity contribution in [1.82, 2.24) is 4.90 Å². The van der Waals surface area contributed by atoms with Crippen molar-refractivity contribution in [2.24, 2.45) is 35.0 Å². The number of phenolic OH excluding ortho intramolecular Hbond substituents is 1. The molecule has 6 atom stereocenters. The summed E-state index contributed by atoms with van der Waals surface area (Å²) in [7, 11) is 1.45. The number of nitrogens with zero attached hydrogens (tertiary/aromatic N) is 2. The first kappa shape index (κ1) is 30.1. The number of imide groups is 2. The van der Waals surface area contributed by atoms with Gasteiger partial charge >= 0.3 is 0 Å². The molecule has 6 unspecified atom stereocenters. The molecule has 44 heavy (non-hydrogen) atoms. The molecule has 2 heterocycles. The van der Waals surface area contributed by atoms with E-state index in [4.69, 9.17) is 16.3 Å². The maximum atomic E-state index is 14.4. The molecule has 1 N–H and O–H groups in total. The highest BCUT2D eigenvalue weighted by atomic mass is 35.5. The number of fused-ring (bicyclic) bond motifs is 4. The summed E-state index contributed by atoms with van der Waals surface area (Å²) in [5, 5.41) is 9.87. The number of hydrogen-bond acceptors (Lipinski definition) is 6. The molecular weight excluding hydrogens is 587 g/mol. The predicted octanol–water partition coefficient (Wildman–Crippen LogP) is 5.77. The zero-order chi connectivity index (χ0) is 31.9. The van der Waals surface area contributed by atoms with E-state index >= 15 is 0 Å². The normalized spacial score (nSPS) is 30.1. The number of amides is 4. The van der Waals surface area contributed by atoms with Crippen LogP contribution >= 0.6 is 11.6 Å². The van der Waals surface area contributed by atoms with Crippen LogP contribution in [0.5, 0.6) is 11.5 Å². The van der Waals surface area contributed by atoms with Gasteiger partial charge in [0.15, 0.2) is 11.5 Å². The zero-order valence-electron chi connectivity index (χ0n) is 25.1. The molecule has 8 nitrogen and oxygen atoms in total. The zero-order valence-corrected chi connectivity index (χ0v) is 25.9. The fourth-order valence-corrected chi connectivity index (χ4v) is 7.93. The Morgan fingerprint density at radius 1 is 1.05 bits per heavy atom. The quantitative estimate of drug-likeness (QED) is 0.344. The molecule has 0 aromatic heterocycles. The van der Waals surface area contributed by atoms with Gasteiger partial charge in [-0.1, -0.05) is 41.5 Å². The summed E-state index contributed by atoms with van der Waals surface area (Å²) in [6.45, 7) is 7.25. The van der Waals surface area contributed by atoms with Gasteiger partial charge in [-0.25, -0.2) is 9.29 Å². The first-order valence-electron chi connectivity index (χ1n) is 14.7. The molecule has 4 amide bonds. The van der Waals surface area contributed by atoms with E-state index in [-0.39, 0.29) is 40.4 Å². The molecule has 230 valence electrons. The van der Waals surface area contributed by atoms with Gasteiger partial charge in [-0.2, -0.15) is 0 Å². The molecule has 0 radical (unpaired) electrons. The van der Waals surface area contributed by atoms with Crippen LogP contribution in [0.25, 0.3) is 6.08 Å². The number of allylic oxidation sites excluding steroid dienone is 3. The van der Waals surface area contributed by atoms with Gasteiger partial charge in [0.1, 0.15) is 5.82 Å². The van der Waals surface area contributed by atoms with E-state index in [1.54, 1.807) is 19.1 Å². The molecule has 2 aromatic rings. The van der Waals surface area contributed by atoms with E-state index < -0.39 is 58.2 Å². The highest BCUT2D eigenvalue weighted by Gasteiger charge is 2.67. The molecule has 2 saturated heterocycles. The Kier molecular flexibility index (Phi) is 7.03. The van der Waals surface area contributed by atoms with Crippen LogP contribution in [-0.2, 0) is 19.2 Å². The minimum Gasteiger partial charge on any atom is -0.504 e. The minimum absolute atomic E-state index is 0.0200. The molecule has 6 rings (SSSR count). The molecule has 2 aliphatic carbocycles. The highest BCUT2D eigenvalue weighted by Crippen LogP contribution is 2.61. The average Bonchev–Trinajstić information content (AvgIpc) is 3.34. The maximum absolute atomic E-state index is 14.4. The van der Waals surface area contributed by atoms with Crippen molar-refractivity contribution in [2.75, 3.05) is 12.0 Å². The third-order valence-corrected chi connectivity index (χ3v) is 10.2. The van der Waals surface area contributed by atoms with Crippen LogP contribution in [0.15, 0.2) is 54.1 Å². The first-order valence-corrected chi connectivity index (χ1v) is 15.0. The molecule has 1 saturated carbocycles. The van der Waals surface area contributed by atoms with Crippen LogP contribution in [0.2, 0.25) is 5.02 Å². The van der Waals surface area contributed by atoms with Crippen molar-refractivity contribution >= 4 is 47.0 Å². The number of hydrogen-bond donors (Lipinski definition) is 1. The topological polar surface area (TPSA) is 104 Å². The SMILES string of the molecule is COc1cc(C=CC2C3=CCC4C(=O)N(C(C)(C)C)C(=O)C4C3CC3C(=O)N(c4ccc(F)c(Cl)c4)C(=O)C23C)ccc1O. The van der Waals surface area contributed by atoms with Gasteiger partial charge in [-0.05, 0) is 82.3 Å². The molecule has 4 aliphatic rings. The summed E-state index contributed by atoms with van der Waals surface area (Å²) < 4.78 is 19.3. The number of halogens is 2. The van der Waals surface area contributed by atoms with Crippen LogP contribution in [0.3, 0.4) is 0 Å². The number of anilines is 1. The number of ether oxygens (including phenoxy) is 1. The summed E-state index contributed by atoms with van der Waals surface area (Å²) in [4.78, 5) is 58.4. The van der Waals surface area contributed by atoms with Crippen molar-refractivity contribution < 1.29 is 33.4 Å². The monoisotopic (exact) mass is 620 g/mol. The van der Waals surface area contributed by atoms with Crippen molar-refractivity contribution in [3.8, 4) is 11.5 Å². The number of benzene rings is 2. The molecule has 10 heteroatoms. The Balaban J connectivity index is 1.48. The number of methoxy groups -OCH3 is 1. The lowest BCUT2D eigenvalue weighted by atomic mass is 9.52. The second-order valence-electron chi connectivity index (χ2n) is 13.3. The van der Waals surface area contributed by atoms with E-state index in [0.717, 1.165) is 16.5 Å². The van der Waals surface area contributed by atoms with Crippen molar-refractivity contribution in [1.29, 1.82) is 0 Å². The second kappa shape index (κ2) is 10.3. The Morgan fingerprint density at radius 2 is 1.77 bits per heavy atom. The van der Waals surface area contributed by atoms with Crippen LogP contribution < -0.4 is 9.64 Å². The second-order valence-corrected chi connectivity index (χ2v) is 13.7. The highest BCUT2D eigenvalue weighted by molar-refractivity contribution is 6.31. The van der Waals surface area contributed by atoms with Gasteiger partial charge < -0.3 is 9.84 Å². The molecule has 3 fully saturated rings. The van der Waals surface area contributed by atoms with Crippen molar-refractivity contribution in [3.05, 3.63) is 70.5 Å². The van der Waals surface area contributed by atoms with Gasteiger partial charge in [-0.15, -0.1) is 0 Å². The Bertz CT molecular complexity index is 1680. The van der Waals surface area contributed by atoms with Gasteiger partial charge in [-0.3, -0.25) is 24.1 Å². The first-order chi connectivity index (χ1) is 20.7. The molecular formula is C34H34ClFN2O6. The fourth-order valence-electron chi connectivity index (χ4n) is 7.76. The van der Waals surface area contributed by atoms with E-state index in [9.17, 15) is 28.7 Å². The minimum atomic E-state index is -1.24. The Hall–Kier alpha value is -3.98. The molecule has 2 aromatic carbocycles. The Morgan fingerprint density at radius 3 is 2.43 bits per heavy atom. The lowest BCUT2D eigenvalue weighted by Crippen LogP contribution is -2.50. The van der Waals surface area contributed by atoms with Crippen LogP contribution in [0.4, 0.5) is 10.1 Å². The molecule has 0 bridgehead atoms. The van der Waals surface area contributed by atoms with E-state index in [1.807, 2.05) is 39.0 Å². The largest absolute Gasteiger partial charge is 0.504 e. The lowest BCUT2D eigenvalue weighted by Gasteiger charge is -2.48. The number of carbonyl (C=O) groups is 4. The standard InChI is InChI=1S/C34H34ClFN2O6/c1-33(2,3)38-29(40)20-10-9-19-21(28(20)31(38)42)16-23-30(41)37(18-8-12-25(36)24(35)15-18)32(43)34(23,4)22(19)11-6-17-7-13-26(39)27(14-17)44-5/h6-9,11-15,20-23,28,39H,10,16H2,1-5H3. The number of likely N-dealkylation sites (tertiary alicyclic amines) is 1. The van der Waals surface area contributed by atoms with Crippen LogP contribution in [-0.4, -0.2) is 46.3 Å². The van der Waals surface area contributed by atoms with Gasteiger partial charge in [0, 0.05) is 11.5 Å². The van der Waals surface area contributed by atoms with E-state index in [0.29, 0.717) is 12.0 Å². The number of aromatic hydroxyl groups is 1. The van der Waals surface area contributed by atoms with Gasteiger partial charge in [0.2, 0.25) is 23.6 Å². The van der Waals surface area contributed by atoms with Crippen LogP contribution in [0, 0.1) is 40.8 Å². The number of rotatable bonds is 4. The fraction of sp³-hybridized carbons (Fsp3) is 0.412. The summed E-state index contributed by atoms with van der Waals surface area (Å²) >= 11 is 6.05. The van der Waals surface area contributed by atoms with Crippen molar-refractivity contribution in [3.63, 3.8) is 0 Å². The summed E-state index contributed by atoms with van der Waals surface area (Å²) in [6.07, 6.45) is 6.22. The van der Waals surface area contributed by atoms with Crippen LogP contribution in [0.1, 0.15) is 46.1 Å². The van der Waals surface area contributed by atoms with Gasteiger partial charge in [0.05, 0.1) is 41.0 Å². The summed E-state index contributed by atoms with van der Waals surface area (Å²) in [6, 6.07) is 8.61. The third-order valence-electron chi connectivity index (χ3n) is 9.86. The van der Waals surface area contributed by atoms with Crippen molar-refractivity contribution in [2.45, 2.75) is 46.1 Å².